The number of amides is 1. The number of carbonyl (C=O) groups is 2. The minimum Gasteiger partial charge on any atom is -0.466 e. The molecular formula is C63H123NO5. The molecule has 0 heterocycles. The number of hydrogen-bond acceptors (Lipinski definition) is 5. The number of nitrogens with one attached hydrogen (secondary N) is 1. The van der Waals surface area contributed by atoms with E-state index in [4.69, 9.17) is 4.74 Å². The van der Waals surface area contributed by atoms with Crippen LogP contribution in [0.25, 0.3) is 0 Å². The second-order valence-electron chi connectivity index (χ2n) is 21.7. The first-order chi connectivity index (χ1) is 34.0. The third kappa shape index (κ3) is 55.8. The zero-order valence-corrected chi connectivity index (χ0v) is 46.8. The smallest absolute Gasteiger partial charge is 0.305 e. The number of rotatable bonds is 59. The van der Waals surface area contributed by atoms with Crippen LogP contribution >= 0.6 is 0 Å². The molecule has 0 aliphatic rings. The van der Waals surface area contributed by atoms with Crippen molar-refractivity contribution < 1.29 is 24.5 Å². The lowest BCUT2D eigenvalue weighted by atomic mass is 10.0. The van der Waals surface area contributed by atoms with Crippen LogP contribution in [0.3, 0.4) is 0 Å². The van der Waals surface area contributed by atoms with Gasteiger partial charge in [0.2, 0.25) is 5.91 Å². The molecule has 0 saturated carbocycles. The highest BCUT2D eigenvalue weighted by atomic mass is 16.5. The molecule has 0 bridgehead atoms. The fourth-order valence-corrected chi connectivity index (χ4v) is 9.99. The van der Waals surface area contributed by atoms with E-state index in [1.165, 1.54) is 283 Å². The van der Waals surface area contributed by atoms with Crippen LogP contribution in [-0.2, 0) is 14.3 Å². The highest BCUT2D eigenvalue weighted by Gasteiger charge is 2.20. The highest BCUT2D eigenvalue weighted by molar-refractivity contribution is 5.76. The average Bonchev–Trinajstić information content (AvgIpc) is 3.35. The predicted octanol–water partition coefficient (Wildman–Crippen LogP) is 19.6. The summed E-state index contributed by atoms with van der Waals surface area (Å²) < 4.78 is 5.49. The van der Waals surface area contributed by atoms with Crippen LogP contribution in [0.1, 0.15) is 354 Å². The van der Waals surface area contributed by atoms with E-state index in [2.05, 4.69) is 31.3 Å². The first kappa shape index (κ1) is 67.6. The summed E-state index contributed by atoms with van der Waals surface area (Å²) in [5.74, 6) is -0.0173. The molecule has 410 valence electrons. The number of allylic oxidation sites excluding steroid dienone is 2. The van der Waals surface area contributed by atoms with Gasteiger partial charge in [0.1, 0.15) is 0 Å². The van der Waals surface area contributed by atoms with Crippen molar-refractivity contribution in [2.75, 3.05) is 13.2 Å². The van der Waals surface area contributed by atoms with Gasteiger partial charge in [-0.3, -0.25) is 9.59 Å². The van der Waals surface area contributed by atoms with Gasteiger partial charge in [-0.1, -0.05) is 302 Å². The third-order valence-corrected chi connectivity index (χ3v) is 14.8. The number of aliphatic hydroxyl groups is 2. The zero-order valence-electron chi connectivity index (χ0n) is 46.8. The van der Waals surface area contributed by atoms with E-state index >= 15 is 0 Å². The average molecular weight is 975 g/mol. The molecule has 2 unspecified atom stereocenters. The highest BCUT2D eigenvalue weighted by Crippen LogP contribution is 2.18. The van der Waals surface area contributed by atoms with Crippen molar-refractivity contribution in [1.29, 1.82) is 0 Å². The maximum absolute atomic E-state index is 12.4. The van der Waals surface area contributed by atoms with Gasteiger partial charge in [0.05, 0.1) is 25.4 Å². The zero-order chi connectivity index (χ0) is 50.0. The molecule has 0 aromatic carbocycles. The SMILES string of the molecule is CCCCCCCCCCCCCCCCC(=O)OCCCCCCCCCCCCCC/C=C\CCCCCCCCCCCCCC(=O)NC(CO)C(O)CCCCCCCCCCCCC. The Kier molecular flexibility index (Phi) is 58.0. The maximum atomic E-state index is 12.4. The Balaban J connectivity index is 3.35. The van der Waals surface area contributed by atoms with Gasteiger partial charge in [0.15, 0.2) is 0 Å². The summed E-state index contributed by atoms with van der Waals surface area (Å²) in [6.45, 7) is 4.97. The molecule has 6 heteroatoms. The standard InChI is InChI=1S/C63H123NO5/c1-3-5-7-9-11-13-15-16-33-37-41-45-49-53-57-63(68)69-58-54-50-46-42-38-34-31-29-27-25-23-21-19-17-18-20-22-24-26-28-30-32-36-40-44-48-52-56-62(67)64-60(59-65)61(66)55-51-47-43-39-35-14-12-10-8-6-4-2/h17-18,60-61,65-66H,3-16,19-59H2,1-2H3,(H,64,67)/b18-17-. The molecule has 0 aromatic heterocycles. The molecule has 1 amide bonds. The Hall–Kier alpha value is -1.40. The Morgan fingerprint density at radius 1 is 0.391 bits per heavy atom. The van der Waals surface area contributed by atoms with Gasteiger partial charge in [-0.25, -0.2) is 0 Å². The van der Waals surface area contributed by atoms with E-state index in [0.717, 1.165) is 38.5 Å². The normalized spacial score (nSPS) is 12.6. The van der Waals surface area contributed by atoms with E-state index < -0.39 is 12.1 Å². The first-order valence-electron chi connectivity index (χ1n) is 31.4. The largest absolute Gasteiger partial charge is 0.466 e. The number of hydrogen-bond donors (Lipinski definition) is 3. The van der Waals surface area contributed by atoms with Crippen LogP contribution in [0.4, 0.5) is 0 Å². The molecule has 0 radical (unpaired) electrons. The fourth-order valence-electron chi connectivity index (χ4n) is 9.99. The lowest BCUT2D eigenvalue weighted by Crippen LogP contribution is -2.45. The topological polar surface area (TPSA) is 95.9 Å². The van der Waals surface area contributed by atoms with Crippen LogP contribution in [0.2, 0.25) is 0 Å². The van der Waals surface area contributed by atoms with E-state index in [0.29, 0.717) is 25.9 Å². The minimum atomic E-state index is -0.662. The van der Waals surface area contributed by atoms with E-state index in [1.807, 2.05) is 0 Å². The molecule has 0 rings (SSSR count). The molecule has 2 atom stereocenters. The second-order valence-corrected chi connectivity index (χ2v) is 21.7. The van der Waals surface area contributed by atoms with Crippen molar-refractivity contribution >= 4 is 11.9 Å². The van der Waals surface area contributed by atoms with Gasteiger partial charge in [-0.2, -0.15) is 0 Å². The maximum Gasteiger partial charge on any atom is 0.305 e. The molecular weight excluding hydrogens is 851 g/mol. The summed E-state index contributed by atoms with van der Waals surface area (Å²) in [5.41, 5.74) is 0. The van der Waals surface area contributed by atoms with Crippen molar-refractivity contribution in [2.24, 2.45) is 0 Å². The molecule has 0 aliphatic heterocycles. The number of esters is 1. The number of unbranched alkanes of at least 4 members (excludes halogenated alkanes) is 46. The van der Waals surface area contributed by atoms with E-state index in [-0.39, 0.29) is 18.5 Å². The predicted molar refractivity (Wildman–Crippen MR) is 301 cm³/mol. The van der Waals surface area contributed by atoms with Crippen LogP contribution in [-0.4, -0.2) is 47.4 Å². The molecule has 6 nitrogen and oxygen atoms in total. The van der Waals surface area contributed by atoms with Gasteiger partial charge in [-0.05, 0) is 51.4 Å². The van der Waals surface area contributed by atoms with Crippen LogP contribution in [0.15, 0.2) is 12.2 Å². The monoisotopic (exact) mass is 974 g/mol. The molecule has 0 spiro atoms. The van der Waals surface area contributed by atoms with Gasteiger partial charge >= 0.3 is 5.97 Å². The van der Waals surface area contributed by atoms with Gasteiger partial charge in [0.25, 0.3) is 0 Å². The molecule has 69 heavy (non-hydrogen) atoms. The number of carbonyl (C=O) groups excluding carboxylic acids is 2. The second kappa shape index (κ2) is 59.2. The van der Waals surface area contributed by atoms with Crippen molar-refractivity contribution in [3.63, 3.8) is 0 Å². The number of ether oxygens (including phenoxy) is 1. The summed E-state index contributed by atoms with van der Waals surface area (Å²) in [4.78, 5) is 24.5. The summed E-state index contributed by atoms with van der Waals surface area (Å²) in [6, 6.07) is -0.540. The summed E-state index contributed by atoms with van der Waals surface area (Å²) >= 11 is 0. The summed E-state index contributed by atoms with van der Waals surface area (Å²) in [5, 5.41) is 23.2. The van der Waals surface area contributed by atoms with Crippen molar-refractivity contribution in [3.05, 3.63) is 12.2 Å². The molecule has 0 fully saturated rings. The van der Waals surface area contributed by atoms with Gasteiger partial charge in [-0.15, -0.1) is 0 Å². The van der Waals surface area contributed by atoms with Crippen molar-refractivity contribution in [1.82, 2.24) is 5.32 Å². The van der Waals surface area contributed by atoms with Gasteiger partial charge < -0.3 is 20.3 Å². The van der Waals surface area contributed by atoms with E-state index in [1.54, 1.807) is 0 Å². The summed E-state index contributed by atoms with van der Waals surface area (Å²) in [6.07, 6.45) is 70.9. The quantitative estimate of drug-likeness (QED) is 0.0321. The number of aliphatic hydroxyl groups excluding tert-OH is 2. The lowest BCUT2D eigenvalue weighted by Gasteiger charge is -2.22. The molecule has 3 N–H and O–H groups in total. The van der Waals surface area contributed by atoms with Crippen molar-refractivity contribution in [3.8, 4) is 0 Å². The molecule has 0 saturated heterocycles. The van der Waals surface area contributed by atoms with Crippen LogP contribution < -0.4 is 5.32 Å². The van der Waals surface area contributed by atoms with Crippen LogP contribution in [0, 0.1) is 0 Å². The Morgan fingerprint density at radius 2 is 0.681 bits per heavy atom. The summed E-state index contributed by atoms with van der Waals surface area (Å²) in [7, 11) is 0. The van der Waals surface area contributed by atoms with Crippen molar-refractivity contribution in [2.45, 2.75) is 366 Å². The first-order valence-corrected chi connectivity index (χ1v) is 31.4. The van der Waals surface area contributed by atoms with Gasteiger partial charge in [0, 0.05) is 12.8 Å². The minimum absolute atomic E-state index is 0.0179. The molecule has 0 aliphatic carbocycles. The fraction of sp³-hybridized carbons (Fsp3) is 0.937. The lowest BCUT2D eigenvalue weighted by molar-refractivity contribution is -0.143. The Labute approximate surface area is 431 Å². The third-order valence-electron chi connectivity index (χ3n) is 14.8. The van der Waals surface area contributed by atoms with E-state index in [9.17, 15) is 19.8 Å². The Morgan fingerprint density at radius 3 is 1.03 bits per heavy atom. The van der Waals surface area contributed by atoms with Crippen LogP contribution in [0.5, 0.6) is 0 Å². The molecule has 0 aromatic rings. The Bertz CT molecular complexity index is 1030.